The monoisotopic (exact) mass is 340 g/mol. The van der Waals surface area contributed by atoms with E-state index in [1.807, 2.05) is 0 Å². The molecule has 3 aromatic rings. The van der Waals surface area contributed by atoms with Crippen molar-refractivity contribution in [1.29, 1.82) is 0 Å². The van der Waals surface area contributed by atoms with Crippen molar-refractivity contribution in [2.45, 2.75) is 38.5 Å². The van der Waals surface area contributed by atoms with E-state index in [1.165, 1.54) is 41.4 Å². The lowest BCUT2D eigenvalue weighted by Crippen LogP contribution is -2.22. The SMILES string of the molecule is CC1(C)C=CCc2c1ccc1c2CCc2ccccc2-1.c1cncnc1. The quantitative estimate of drug-likeness (QED) is 0.518. The molecule has 1 heterocycles. The molecule has 26 heavy (non-hydrogen) atoms. The number of benzene rings is 2. The molecule has 0 fully saturated rings. The molecular formula is C24H24N2. The summed E-state index contributed by atoms with van der Waals surface area (Å²) in [6, 6.07) is 15.4. The molecule has 0 aliphatic heterocycles. The molecule has 0 spiro atoms. The predicted molar refractivity (Wildman–Crippen MR) is 107 cm³/mol. The highest BCUT2D eigenvalue weighted by Gasteiger charge is 2.28. The average Bonchev–Trinajstić information content (AvgIpc) is 2.69. The number of allylic oxidation sites excluding steroid dienone is 2. The van der Waals surface area contributed by atoms with E-state index in [9.17, 15) is 0 Å². The Hall–Kier alpha value is -2.74. The molecule has 2 heteroatoms. The smallest absolute Gasteiger partial charge is 0.115 e. The number of hydrogen-bond donors (Lipinski definition) is 0. The first kappa shape index (κ1) is 16.7. The molecule has 130 valence electrons. The molecule has 5 rings (SSSR count). The molecular weight excluding hydrogens is 316 g/mol. The van der Waals surface area contributed by atoms with Gasteiger partial charge in [-0.25, -0.2) is 9.97 Å². The third-order valence-electron chi connectivity index (χ3n) is 5.41. The maximum Gasteiger partial charge on any atom is 0.115 e. The number of hydrogen-bond acceptors (Lipinski definition) is 2. The summed E-state index contributed by atoms with van der Waals surface area (Å²) in [5.74, 6) is 0. The lowest BCUT2D eigenvalue weighted by atomic mass is 9.72. The number of rotatable bonds is 0. The van der Waals surface area contributed by atoms with Crippen LogP contribution in [0.5, 0.6) is 0 Å². The summed E-state index contributed by atoms with van der Waals surface area (Å²) in [4.78, 5) is 7.35. The van der Waals surface area contributed by atoms with Crippen molar-refractivity contribution in [2.75, 3.05) is 0 Å². The summed E-state index contributed by atoms with van der Waals surface area (Å²) in [5.41, 5.74) is 9.31. The summed E-state index contributed by atoms with van der Waals surface area (Å²) in [7, 11) is 0. The molecule has 0 atom stereocenters. The van der Waals surface area contributed by atoms with Gasteiger partial charge in [-0.2, -0.15) is 0 Å². The van der Waals surface area contributed by atoms with Crippen LogP contribution in [0.4, 0.5) is 0 Å². The minimum Gasteiger partial charge on any atom is -0.245 e. The van der Waals surface area contributed by atoms with E-state index in [2.05, 4.69) is 72.4 Å². The number of aryl methyl sites for hydroxylation is 1. The summed E-state index contributed by atoms with van der Waals surface area (Å²) in [6.45, 7) is 4.65. The fourth-order valence-electron chi connectivity index (χ4n) is 4.14. The first-order valence-corrected chi connectivity index (χ1v) is 9.28. The van der Waals surface area contributed by atoms with Gasteiger partial charge in [-0.3, -0.25) is 0 Å². The van der Waals surface area contributed by atoms with Crippen LogP contribution in [0, 0.1) is 0 Å². The average molecular weight is 340 g/mol. The zero-order valence-corrected chi connectivity index (χ0v) is 15.4. The Kier molecular flexibility index (Phi) is 4.42. The maximum atomic E-state index is 3.67. The Morgan fingerprint density at radius 1 is 0.808 bits per heavy atom. The first-order valence-electron chi connectivity index (χ1n) is 9.28. The zero-order valence-electron chi connectivity index (χ0n) is 15.4. The molecule has 0 amide bonds. The lowest BCUT2D eigenvalue weighted by Gasteiger charge is -2.32. The number of nitrogens with zero attached hydrogens (tertiary/aromatic N) is 2. The summed E-state index contributed by atoms with van der Waals surface area (Å²) >= 11 is 0. The molecule has 0 radical (unpaired) electrons. The van der Waals surface area contributed by atoms with E-state index in [0.717, 1.165) is 6.42 Å². The highest BCUT2D eigenvalue weighted by molar-refractivity contribution is 5.75. The van der Waals surface area contributed by atoms with Crippen molar-refractivity contribution in [1.82, 2.24) is 9.97 Å². The summed E-state index contributed by atoms with van der Waals surface area (Å²) < 4.78 is 0. The van der Waals surface area contributed by atoms with E-state index in [1.54, 1.807) is 29.6 Å². The van der Waals surface area contributed by atoms with Crippen LogP contribution in [0.15, 0.2) is 73.3 Å². The Morgan fingerprint density at radius 3 is 2.35 bits per heavy atom. The molecule has 1 aromatic heterocycles. The number of fused-ring (bicyclic) bond motifs is 5. The molecule has 0 saturated carbocycles. The predicted octanol–water partition coefficient (Wildman–Crippen LogP) is 5.32. The van der Waals surface area contributed by atoms with Crippen LogP contribution in [0.1, 0.15) is 36.1 Å². The second-order valence-corrected chi connectivity index (χ2v) is 7.51. The lowest BCUT2D eigenvalue weighted by molar-refractivity contribution is 0.644. The fourth-order valence-corrected chi connectivity index (χ4v) is 4.14. The van der Waals surface area contributed by atoms with Gasteiger partial charge in [0.1, 0.15) is 6.33 Å². The van der Waals surface area contributed by atoms with Crippen LogP contribution in [0.25, 0.3) is 11.1 Å². The van der Waals surface area contributed by atoms with Gasteiger partial charge in [0.2, 0.25) is 0 Å². The van der Waals surface area contributed by atoms with Crippen LogP contribution in [0.3, 0.4) is 0 Å². The largest absolute Gasteiger partial charge is 0.245 e. The second kappa shape index (κ2) is 6.87. The maximum absolute atomic E-state index is 3.67. The van der Waals surface area contributed by atoms with Gasteiger partial charge < -0.3 is 0 Å². The molecule has 0 unspecified atom stereocenters. The van der Waals surface area contributed by atoms with Crippen molar-refractivity contribution >= 4 is 0 Å². The minimum absolute atomic E-state index is 0.180. The van der Waals surface area contributed by atoms with Crippen molar-refractivity contribution in [3.63, 3.8) is 0 Å². The van der Waals surface area contributed by atoms with Crippen molar-refractivity contribution in [3.05, 3.63) is 95.6 Å². The first-order chi connectivity index (χ1) is 12.7. The van der Waals surface area contributed by atoms with E-state index in [4.69, 9.17) is 0 Å². The van der Waals surface area contributed by atoms with E-state index in [0.29, 0.717) is 0 Å². The van der Waals surface area contributed by atoms with Crippen molar-refractivity contribution < 1.29 is 0 Å². The molecule has 2 nitrogen and oxygen atoms in total. The Bertz CT molecular complexity index is 913. The Morgan fingerprint density at radius 2 is 1.62 bits per heavy atom. The number of aromatic nitrogens is 2. The van der Waals surface area contributed by atoms with Crippen LogP contribution in [-0.2, 0) is 24.7 Å². The van der Waals surface area contributed by atoms with E-state index in [-0.39, 0.29) is 5.41 Å². The normalized spacial score (nSPS) is 15.8. The molecule has 2 aliphatic carbocycles. The zero-order chi connectivity index (χ0) is 18.0. The van der Waals surface area contributed by atoms with Gasteiger partial charge in [0.05, 0.1) is 0 Å². The van der Waals surface area contributed by atoms with Gasteiger partial charge in [-0.1, -0.05) is 62.4 Å². The van der Waals surface area contributed by atoms with Gasteiger partial charge in [0.25, 0.3) is 0 Å². The van der Waals surface area contributed by atoms with Crippen molar-refractivity contribution in [3.8, 4) is 11.1 Å². The second-order valence-electron chi connectivity index (χ2n) is 7.51. The van der Waals surface area contributed by atoms with Crippen LogP contribution < -0.4 is 0 Å². The highest BCUT2D eigenvalue weighted by atomic mass is 14.8. The van der Waals surface area contributed by atoms with Gasteiger partial charge in [-0.15, -0.1) is 0 Å². The van der Waals surface area contributed by atoms with Gasteiger partial charge in [0, 0.05) is 17.8 Å². The van der Waals surface area contributed by atoms with Gasteiger partial charge >= 0.3 is 0 Å². The fraction of sp³-hybridized carbons (Fsp3) is 0.250. The molecule has 0 saturated heterocycles. The molecule has 2 aliphatic rings. The highest BCUT2D eigenvalue weighted by Crippen LogP contribution is 2.41. The topological polar surface area (TPSA) is 25.8 Å². The third kappa shape index (κ3) is 3.08. The summed E-state index contributed by atoms with van der Waals surface area (Å²) in [5, 5.41) is 0. The van der Waals surface area contributed by atoms with Gasteiger partial charge in [-0.05, 0) is 58.7 Å². The summed E-state index contributed by atoms with van der Waals surface area (Å²) in [6.07, 6.45) is 13.1. The Balaban J connectivity index is 0.000000240. The standard InChI is InChI=1S/C20H20.C4H4N2/c1-20(2)13-5-8-18-17-10-9-14-6-3-4-7-15(14)16(17)11-12-19(18)20;1-2-5-4-6-3-1/h3-7,11-13H,8-10H2,1-2H3;1-4H. The van der Waals surface area contributed by atoms with Crippen LogP contribution in [0.2, 0.25) is 0 Å². The minimum atomic E-state index is 0.180. The molecule has 0 bridgehead atoms. The van der Waals surface area contributed by atoms with Crippen LogP contribution >= 0.6 is 0 Å². The van der Waals surface area contributed by atoms with E-state index < -0.39 is 0 Å². The third-order valence-corrected chi connectivity index (χ3v) is 5.41. The Labute approximate surface area is 155 Å². The molecule has 2 aromatic carbocycles. The van der Waals surface area contributed by atoms with Crippen molar-refractivity contribution in [2.24, 2.45) is 0 Å². The van der Waals surface area contributed by atoms with Crippen LogP contribution in [-0.4, -0.2) is 9.97 Å². The van der Waals surface area contributed by atoms with E-state index >= 15 is 0 Å². The van der Waals surface area contributed by atoms with Gasteiger partial charge in [0.15, 0.2) is 0 Å². The molecule has 0 N–H and O–H groups in total.